The summed E-state index contributed by atoms with van der Waals surface area (Å²) in [5.41, 5.74) is 0.899. The predicted molar refractivity (Wildman–Crippen MR) is 75.1 cm³/mol. The van der Waals surface area contributed by atoms with Crippen molar-refractivity contribution in [2.75, 3.05) is 6.54 Å². The largest absolute Gasteiger partial charge is 0.312 e. The van der Waals surface area contributed by atoms with Crippen molar-refractivity contribution >= 4 is 0 Å². The third-order valence-corrected chi connectivity index (χ3v) is 4.89. The van der Waals surface area contributed by atoms with Crippen molar-refractivity contribution in [2.24, 2.45) is 23.2 Å². The SMILES string of the molecule is CC(C)CC1(CNC(C)(C)C)CC2CCC1C2. The van der Waals surface area contributed by atoms with E-state index in [0.717, 1.165) is 17.8 Å². The standard InChI is InChI=1S/C16H31N/c1-12(2)9-16(11-17-15(3,4)5)10-13-6-7-14(16)8-13/h12-14,17H,6-11H2,1-5H3. The van der Waals surface area contributed by atoms with Crippen molar-refractivity contribution in [3.8, 4) is 0 Å². The first kappa shape index (κ1) is 13.4. The van der Waals surface area contributed by atoms with Crippen LogP contribution in [-0.2, 0) is 0 Å². The molecule has 0 saturated heterocycles. The zero-order valence-electron chi connectivity index (χ0n) is 12.5. The maximum Gasteiger partial charge on any atom is 0.00967 e. The Morgan fingerprint density at radius 1 is 1.24 bits per heavy atom. The van der Waals surface area contributed by atoms with E-state index in [0.29, 0.717) is 5.41 Å². The van der Waals surface area contributed by atoms with Crippen LogP contribution in [0.3, 0.4) is 0 Å². The highest BCUT2D eigenvalue weighted by Gasteiger charge is 2.50. The molecule has 0 aromatic rings. The molecule has 100 valence electrons. The minimum atomic E-state index is 0.270. The molecule has 2 bridgehead atoms. The van der Waals surface area contributed by atoms with Crippen LogP contribution in [0.4, 0.5) is 0 Å². The fourth-order valence-electron chi connectivity index (χ4n) is 4.35. The van der Waals surface area contributed by atoms with Gasteiger partial charge < -0.3 is 5.32 Å². The van der Waals surface area contributed by atoms with E-state index >= 15 is 0 Å². The fourth-order valence-corrected chi connectivity index (χ4v) is 4.35. The van der Waals surface area contributed by atoms with Gasteiger partial charge in [0, 0.05) is 12.1 Å². The zero-order chi connectivity index (χ0) is 12.7. The monoisotopic (exact) mass is 237 g/mol. The Kier molecular flexibility index (Phi) is 3.60. The van der Waals surface area contributed by atoms with E-state index in [4.69, 9.17) is 0 Å². The summed E-state index contributed by atoms with van der Waals surface area (Å²) < 4.78 is 0. The van der Waals surface area contributed by atoms with Gasteiger partial charge in [0.25, 0.3) is 0 Å². The fraction of sp³-hybridized carbons (Fsp3) is 1.00. The molecule has 2 rings (SSSR count). The minimum Gasteiger partial charge on any atom is -0.312 e. The summed E-state index contributed by atoms with van der Waals surface area (Å²) in [6.45, 7) is 12.9. The first-order valence-electron chi connectivity index (χ1n) is 7.56. The van der Waals surface area contributed by atoms with E-state index in [1.807, 2.05) is 0 Å². The van der Waals surface area contributed by atoms with Crippen molar-refractivity contribution in [2.45, 2.75) is 72.3 Å². The lowest BCUT2D eigenvalue weighted by molar-refractivity contribution is 0.113. The van der Waals surface area contributed by atoms with Gasteiger partial charge in [-0.3, -0.25) is 0 Å². The second-order valence-corrected chi connectivity index (χ2v) is 8.14. The summed E-state index contributed by atoms with van der Waals surface area (Å²) in [4.78, 5) is 0. The first-order valence-corrected chi connectivity index (χ1v) is 7.56. The molecule has 17 heavy (non-hydrogen) atoms. The summed E-state index contributed by atoms with van der Waals surface area (Å²) in [7, 11) is 0. The van der Waals surface area contributed by atoms with E-state index in [1.165, 1.54) is 38.6 Å². The molecule has 0 amide bonds. The van der Waals surface area contributed by atoms with Crippen LogP contribution in [0.15, 0.2) is 0 Å². The highest BCUT2D eigenvalue weighted by atomic mass is 15.0. The molecule has 1 nitrogen and oxygen atoms in total. The average molecular weight is 237 g/mol. The topological polar surface area (TPSA) is 12.0 Å². The average Bonchev–Trinajstić information content (AvgIpc) is 2.72. The summed E-state index contributed by atoms with van der Waals surface area (Å²) in [5.74, 6) is 2.92. The summed E-state index contributed by atoms with van der Waals surface area (Å²) >= 11 is 0. The molecule has 2 aliphatic rings. The van der Waals surface area contributed by atoms with Gasteiger partial charge in [0.2, 0.25) is 0 Å². The molecular formula is C16H31N. The molecule has 1 heteroatoms. The van der Waals surface area contributed by atoms with Gasteiger partial charge in [-0.1, -0.05) is 20.3 Å². The van der Waals surface area contributed by atoms with E-state index in [2.05, 4.69) is 39.9 Å². The summed E-state index contributed by atoms with van der Waals surface area (Å²) in [6.07, 6.45) is 7.47. The van der Waals surface area contributed by atoms with Crippen LogP contribution in [-0.4, -0.2) is 12.1 Å². The van der Waals surface area contributed by atoms with Crippen LogP contribution in [0, 0.1) is 23.2 Å². The van der Waals surface area contributed by atoms with Crippen LogP contribution in [0.5, 0.6) is 0 Å². The molecule has 3 atom stereocenters. The van der Waals surface area contributed by atoms with Crippen molar-refractivity contribution in [3.63, 3.8) is 0 Å². The van der Waals surface area contributed by atoms with E-state index in [1.54, 1.807) is 0 Å². The molecule has 3 unspecified atom stereocenters. The number of hydrogen-bond donors (Lipinski definition) is 1. The van der Waals surface area contributed by atoms with Crippen molar-refractivity contribution in [1.82, 2.24) is 5.32 Å². The van der Waals surface area contributed by atoms with Crippen LogP contribution in [0.1, 0.15) is 66.7 Å². The summed E-state index contributed by atoms with van der Waals surface area (Å²) in [5, 5.41) is 3.79. The molecule has 1 N–H and O–H groups in total. The quantitative estimate of drug-likeness (QED) is 0.771. The predicted octanol–water partition coefficient (Wildman–Crippen LogP) is 4.23. The van der Waals surface area contributed by atoms with Crippen LogP contribution in [0.25, 0.3) is 0 Å². The Balaban J connectivity index is 2.03. The third kappa shape index (κ3) is 3.05. The van der Waals surface area contributed by atoms with Crippen molar-refractivity contribution in [3.05, 3.63) is 0 Å². The molecule has 2 saturated carbocycles. The molecule has 0 aromatic carbocycles. The van der Waals surface area contributed by atoms with E-state index in [9.17, 15) is 0 Å². The van der Waals surface area contributed by atoms with Gasteiger partial charge in [-0.15, -0.1) is 0 Å². The highest BCUT2D eigenvalue weighted by Crippen LogP contribution is 2.58. The molecule has 0 radical (unpaired) electrons. The number of fused-ring (bicyclic) bond motifs is 2. The molecule has 0 spiro atoms. The van der Waals surface area contributed by atoms with Gasteiger partial charge in [-0.05, 0) is 69.6 Å². The summed E-state index contributed by atoms with van der Waals surface area (Å²) in [6, 6.07) is 0. The molecule has 0 aliphatic heterocycles. The van der Waals surface area contributed by atoms with Gasteiger partial charge in [-0.2, -0.15) is 0 Å². The lowest BCUT2D eigenvalue weighted by atomic mass is 9.68. The lowest BCUT2D eigenvalue weighted by Crippen LogP contribution is -2.46. The minimum absolute atomic E-state index is 0.270. The normalized spacial score (nSPS) is 37.1. The van der Waals surface area contributed by atoms with Crippen LogP contribution < -0.4 is 5.32 Å². The van der Waals surface area contributed by atoms with Crippen molar-refractivity contribution < 1.29 is 0 Å². The smallest absolute Gasteiger partial charge is 0.00967 e. The molecule has 0 aromatic heterocycles. The molecule has 0 heterocycles. The number of rotatable bonds is 4. The van der Waals surface area contributed by atoms with Crippen LogP contribution in [0.2, 0.25) is 0 Å². The van der Waals surface area contributed by atoms with E-state index < -0.39 is 0 Å². The molecule has 2 fully saturated rings. The Morgan fingerprint density at radius 2 is 1.94 bits per heavy atom. The zero-order valence-corrected chi connectivity index (χ0v) is 12.5. The van der Waals surface area contributed by atoms with Crippen LogP contribution >= 0.6 is 0 Å². The molecular weight excluding hydrogens is 206 g/mol. The Morgan fingerprint density at radius 3 is 2.35 bits per heavy atom. The Hall–Kier alpha value is -0.0400. The Labute approximate surface area is 108 Å². The van der Waals surface area contributed by atoms with Gasteiger partial charge in [0.05, 0.1) is 0 Å². The van der Waals surface area contributed by atoms with Gasteiger partial charge in [0.15, 0.2) is 0 Å². The third-order valence-electron chi connectivity index (χ3n) is 4.89. The second-order valence-electron chi connectivity index (χ2n) is 8.14. The number of hydrogen-bond acceptors (Lipinski definition) is 1. The second kappa shape index (κ2) is 4.57. The van der Waals surface area contributed by atoms with Gasteiger partial charge in [-0.25, -0.2) is 0 Å². The Bertz CT molecular complexity index is 263. The highest BCUT2D eigenvalue weighted by molar-refractivity contribution is 5.02. The van der Waals surface area contributed by atoms with Gasteiger partial charge in [0.1, 0.15) is 0 Å². The van der Waals surface area contributed by atoms with E-state index in [-0.39, 0.29) is 5.54 Å². The number of nitrogens with one attached hydrogen (secondary N) is 1. The maximum atomic E-state index is 3.79. The first-order chi connectivity index (χ1) is 7.81. The molecule has 2 aliphatic carbocycles. The van der Waals surface area contributed by atoms with Crippen molar-refractivity contribution in [1.29, 1.82) is 0 Å². The maximum absolute atomic E-state index is 3.79. The van der Waals surface area contributed by atoms with Gasteiger partial charge >= 0.3 is 0 Å². The lowest BCUT2D eigenvalue weighted by Gasteiger charge is -2.41.